The average molecular weight is 258 g/mol. The molecule has 0 spiro atoms. The molecule has 2 heterocycles. The first kappa shape index (κ1) is 12.2. The van der Waals surface area contributed by atoms with Crippen LogP contribution in [-0.2, 0) is 0 Å². The number of para-hydroxylation sites is 2. The second-order valence-corrected chi connectivity index (χ2v) is 5.08. The van der Waals surface area contributed by atoms with Crippen molar-refractivity contribution in [1.82, 2.24) is 9.55 Å². The molecule has 0 bridgehead atoms. The number of fused-ring (bicyclic) bond motifs is 1. The van der Waals surface area contributed by atoms with Gasteiger partial charge >= 0.3 is 0 Å². The summed E-state index contributed by atoms with van der Waals surface area (Å²) in [5.41, 5.74) is 7.67. The third-order valence-electron chi connectivity index (χ3n) is 3.68. The Labute approximate surface area is 112 Å². The van der Waals surface area contributed by atoms with Crippen LogP contribution in [-0.4, -0.2) is 34.6 Å². The zero-order chi connectivity index (χ0) is 13.4. The molecule has 1 aliphatic heterocycles. The smallest absolute Gasteiger partial charge is 0.230 e. The Bertz CT molecular complexity index is 611. The maximum Gasteiger partial charge on any atom is 0.230 e. The molecule has 2 aromatic rings. The Kier molecular flexibility index (Phi) is 2.98. The molecule has 100 valence electrons. The van der Waals surface area contributed by atoms with Crippen molar-refractivity contribution in [1.29, 1.82) is 0 Å². The van der Waals surface area contributed by atoms with E-state index in [2.05, 4.69) is 9.88 Å². The number of carbonyl (C=O) groups is 1. The molecule has 1 aromatic heterocycles. The molecule has 1 aromatic carbocycles. The van der Waals surface area contributed by atoms with Gasteiger partial charge in [-0.05, 0) is 25.0 Å². The van der Waals surface area contributed by atoms with E-state index in [1.807, 2.05) is 24.3 Å². The van der Waals surface area contributed by atoms with E-state index in [4.69, 9.17) is 5.73 Å². The molecule has 2 N–H and O–H groups in total. The van der Waals surface area contributed by atoms with Gasteiger partial charge in [0.15, 0.2) is 0 Å². The standard InChI is InChI=1S/C14H18N4O/c1-10(19)18-13-5-3-2-4-12(13)16-14(18)17-8-6-11(15)7-9-17/h2-5,11H,6-9,15H2,1H3. The lowest BCUT2D eigenvalue weighted by molar-refractivity contribution is 0.0942. The predicted octanol–water partition coefficient (Wildman–Crippen LogP) is 1.62. The molecule has 0 aliphatic carbocycles. The summed E-state index contributed by atoms with van der Waals surface area (Å²) in [4.78, 5) is 18.7. The monoisotopic (exact) mass is 258 g/mol. The van der Waals surface area contributed by atoms with Gasteiger partial charge < -0.3 is 10.6 Å². The van der Waals surface area contributed by atoms with Crippen molar-refractivity contribution in [2.24, 2.45) is 5.73 Å². The average Bonchev–Trinajstić information content (AvgIpc) is 2.78. The molecule has 1 saturated heterocycles. The Morgan fingerprint density at radius 3 is 2.68 bits per heavy atom. The van der Waals surface area contributed by atoms with Crippen LogP contribution in [0.15, 0.2) is 24.3 Å². The van der Waals surface area contributed by atoms with E-state index in [-0.39, 0.29) is 11.9 Å². The van der Waals surface area contributed by atoms with Gasteiger partial charge in [-0.2, -0.15) is 0 Å². The van der Waals surface area contributed by atoms with Crippen LogP contribution >= 0.6 is 0 Å². The van der Waals surface area contributed by atoms with Crippen LogP contribution in [0.2, 0.25) is 0 Å². The van der Waals surface area contributed by atoms with Crippen molar-refractivity contribution in [3.05, 3.63) is 24.3 Å². The van der Waals surface area contributed by atoms with E-state index in [9.17, 15) is 4.79 Å². The van der Waals surface area contributed by atoms with Gasteiger partial charge in [-0.15, -0.1) is 0 Å². The molecule has 1 aliphatic rings. The molecule has 0 radical (unpaired) electrons. The lowest BCUT2D eigenvalue weighted by Gasteiger charge is -2.30. The minimum Gasteiger partial charge on any atom is -0.342 e. The first-order valence-electron chi connectivity index (χ1n) is 6.66. The first-order valence-corrected chi connectivity index (χ1v) is 6.66. The zero-order valence-corrected chi connectivity index (χ0v) is 11.0. The number of nitrogens with two attached hydrogens (primary N) is 1. The fraction of sp³-hybridized carbons (Fsp3) is 0.429. The summed E-state index contributed by atoms with van der Waals surface area (Å²) in [7, 11) is 0. The Morgan fingerprint density at radius 1 is 1.32 bits per heavy atom. The maximum absolute atomic E-state index is 11.9. The highest BCUT2D eigenvalue weighted by molar-refractivity contribution is 5.92. The molecule has 19 heavy (non-hydrogen) atoms. The molecule has 5 nitrogen and oxygen atoms in total. The number of aromatic nitrogens is 2. The van der Waals surface area contributed by atoms with E-state index < -0.39 is 0 Å². The molecular formula is C14H18N4O. The number of hydrogen-bond donors (Lipinski definition) is 1. The minimum atomic E-state index is -0.00132. The largest absolute Gasteiger partial charge is 0.342 e. The third-order valence-corrected chi connectivity index (χ3v) is 3.68. The Balaban J connectivity index is 2.07. The normalized spacial score (nSPS) is 17.1. The van der Waals surface area contributed by atoms with Gasteiger partial charge in [0.05, 0.1) is 11.0 Å². The summed E-state index contributed by atoms with van der Waals surface area (Å²) >= 11 is 0. The predicted molar refractivity (Wildman–Crippen MR) is 75.5 cm³/mol. The van der Waals surface area contributed by atoms with Crippen LogP contribution in [0.4, 0.5) is 5.95 Å². The summed E-state index contributed by atoms with van der Waals surface area (Å²) in [6.45, 7) is 3.29. The van der Waals surface area contributed by atoms with Crippen LogP contribution in [0.25, 0.3) is 11.0 Å². The van der Waals surface area contributed by atoms with Gasteiger partial charge in [0.25, 0.3) is 0 Å². The molecule has 0 amide bonds. The topological polar surface area (TPSA) is 64.2 Å². The highest BCUT2D eigenvalue weighted by Crippen LogP contribution is 2.24. The summed E-state index contributed by atoms with van der Waals surface area (Å²) in [6, 6.07) is 8.01. The summed E-state index contributed by atoms with van der Waals surface area (Å²) < 4.78 is 1.70. The summed E-state index contributed by atoms with van der Waals surface area (Å²) in [5.74, 6) is 0.749. The molecule has 0 unspecified atom stereocenters. The molecular weight excluding hydrogens is 240 g/mol. The van der Waals surface area contributed by atoms with E-state index in [0.717, 1.165) is 42.9 Å². The van der Waals surface area contributed by atoms with E-state index >= 15 is 0 Å². The fourth-order valence-electron chi connectivity index (χ4n) is 2.64. The van der Waals surface area contributed by atoms with Crippen molar-refractivity contribution in [2.75, 3.05) is 18.0 Å². The second kappa shape index (κ2) is 4.66. The highest BCUT2D eigenvalue weighted by atomic mass is 16.2. The number of imidazole rings is 1. The van der Waals surface area contributed by atoms with Crippen LogP contribution in [0.3, 0.4) is 0 Å². The minimum absolute atomic E-state index is 0.00132. The SMILES string of the molecule is CC(=O)n1c(N2CCC(N)CC2)nc2ccccc21. The van der Waals surface area contributed by atoms with Crippen LogP contribution in [0.5, 0.6) is 0 Å². The van der Waals surface area contributed by atoms with Gasteiger partial charge in [0.2, 0.25) is 11.9 Å². The lowest BCUT2D eigenvalue weighted by Crippen LogP contribution is -2.41. The zero-order valence-electron chi connectivity index (χ0n) is 11.0. The van der Waals surface area contributed by atoms with Gasteiger partial charge in [-0.25, -0.2) is 9.55 Å². The van der Waals surface area contributed by atoms with Crippen LogP contribution in [0.1, 0.15) is 24.6 Å². The van der Waals surface area contributed by atoms with Gasteiger partial charge in [0.1, 0.15) is 0 Å². The van der Waals surface area contributed by atoms with Crippen molar-refractivity contribution >= 4 is 22.9 Å². The number of piperidine rings is 1. The second-order valence-electron chi connectivity index (χ2n) is 5.08. The summed E-state index contributed by atoms with van der Waals surface area (Å²) in [5, 5.41) is 0. The summed E-state index contributed by atoms with van der Waals surface area (Å²) in [6.07, 6.45) is 1.89. The van der Waals surface area contributed by atoms with Crippen molar-refractivity contribution in [3.63, 3.8) is 0 Å². The van der Waals surface area contributed by atoms with E-state index in [0.29, 0.717) is 0 Å². The maximum atomic E-state index is 11.9. The lowest BCUT2D eigenvalue weighted by atomic mass is 10.1. The Hall–Kier alpha value is -1.88. The van der Waals surface area contributed by atoms with E-state index in [1.54, 1.807) is 11.5 Å². The van der Waals surface area contributed by atoms with Gasteiger partial charge in [0, 0.05) is 26.1 Å². The highest BCUT2D eigenvalue weighted by Gasteiger charge is 2.23. The molecule has 1 fully saturated rings. The number of hydrogen-bond acceptors (Lipinski definition) is 4. The van der Waals surface area contributed by atoms with Gasteiger partial charge in [-0.3, -0.25) is 4.79 Å². The number of benzene rings is 1. The third kappa shape index (κ3) is 2.10. The van der Waals surface area contributed by atoms with Crippen LogP contribution in [0, 0.1) is 0 Å². The number of carbonyl (C=O) groups excluding carboxylic acids is 1. The van der Waals surface area contributed by atoms with Crippen molar-refractivity contribution < 1.29 is 4.79 Å². The Morgan fingerprint density at radius 2 is 2.00 bits per heavy atom. The molecule has 5 heteroatoms. The van der Waals surface area contributed by atoms with Crippen LogP contribution < -0.4 is 10.6 Å². The number of anilines is 1. The van der Waals surface area contributed by atoms with Crippen molar-refractivity contribution in [3.8, 4) is 0 Å². The van der Waals surface area contributed by atoms with Gasteiger partial charge in [-0.1, -0.05) is 12.1 Å². The first-order chi connectivity index (χ1) is 9.16. The molecule has 3 rings (SSSR count). The number of rotatable bonds is 1. The molecule has 0 atom stereocenters. The quantitative estimate of drug-likeness (QED) is 0.844. The van der Waals surface area contributed by atoms with Crippen molar-refractivity contribution in [2.45, 2.75) is 25.8 Å². The number of nitrogens with zero attached hydrogens (tertiary/aromatic N) is 3. The fourth-order valence-corrected chi connectivity index (χ4v) is 2.64. The molecule has 0 saturated carbocycles. The van der Waals surface area contributed by atoms with E-state index in [1.165, 1.54) is 0 Å².